The number of ether oxygens (including phenoxy) is 1. The van der Waals surface area contributed by atoms with Crippen LogP contribution in [0.4, 0.5) is 0 Å². The van der Waals surface area contributed by atoms with Crippen molar-refractivity contribution in [2.45, 2.75) is 37.9 Å². The quantitative estimate of drug-likeness (QED) is 0.665. The average Bonchev–Trinajstić information content (AvgIpc) is 2.33. The van der Waals surface area contributed by atoms with Crippen molar-refractivity contribution in [1.82, 2.24) is 5.32 Å². The molecule has 1 amide bonds. The van der Waals surface area contributed by atoms with E-state index < -0.39 is 0 Å². The molecule has 4 heteroatoms. The molecule has 3 nitrogen and oxygen atoms in total. The second kappa shape index (κ2) is 6.94. The highest BCUT2D eigenvalue weighted by atomic mass is 79.9. The number of hydrogen-bond donors (Lipinski definition) is 1. The Hall–Kier alpha value is -1.03. The van der Waals surface area contributed by atoms with Gasteiger partial charge < -0.3 is 10.1 Å². The molecule has 0 bridgehead atoms. The summed E-state index contributed by atoms with van der Waals surface area (Å²) in [4.78, 5) is 11.2. The number of nitrogens with one attached hydrogen (secondary N) is 1. The van der Waals surface area contributed by atoms with Crippen molar-refractivity contribution in [2.24, 2.45) is 0 Å². The van der Waals surface area contributed by atoms with Gasteiger partial charge in [0, 0.05) is 0 Å². The van der Waals surface area contributed by atoms with Crippen molar-refractivity contribution in [2.75, 3.05) is 13.2 Å². The molecule has 0 aliphatic rings. The molecule has 1 rings (SSSR count). The van der Waals surface area contributed by atoms with Crippen molar-refractivity contribution in [3.8, 4) is 5.75 Å². The number of benzene rings is 1. The number of hydrogen-bond acceptors (Lipinski definition) is 2. The molecule has 0 spiro atoms. The fourth-order valence-electron chi connectivity index (χ4n) is 1.69. The fourth-order valence-corrected chi connectivity index (χ4v) is 1.85. The molecule has 0 radical (unpaired) electrons. The number of carbonyl (C=O) groups is 1. The summed E-state index contributed by atoms with van der Waals surface area (Å²) < 4.78 is 5.76. The van der Waals surface area contributed by atoms with Crippen LogP contribution < -0.4 is 10.1 Å². The summed E-state index contributed by atoms with van der Waals surface area (Å²) in [6, 6.07) is 8.02. The Morgan fingerprint density at radius 1 is 1.37 bits per heavy atom. The highest BCUT2D eigenvalue weighted by molar-refractivity contribution is 9.10. The summed E-state index contributed by atoms with van der Waals surface area (Å²) in [5.41, 5.74) is 1.22. The predicted octanol–water partition coefficient (Wildman–Crippen LogP) is 3.26. The Morgan fingerprint density at radius 3 is 2.58 bits per heavy atom. The monoisotopic (exact) mass is 327 g/mol. The van der Waals surface area contributed by atoms with Gasteiger partial charge in [-0.25, -0.2) is 0 Å². The second-order valence-electron chi connectivity index (χ2n) is 5.50. The molecule has 1 aromatic rings. The van der Waals surface area contributed by atoms with Gasteiger partial charge in [-0.05, 0) is 24.0 Å². The molecule has 0 aromatic heterocycles. The van der Waals surface area contributed by atoms with E-state index in [-0.39, 0.29) is 16.1 Å². The molecule has 1 aromatic carbocycles. The molecule has 1 unspecified atom stereocenters. The third-order valence-corrected chi connectivity index (χ3v) is 3.13. The third-order valence-electron chi connectivity index (χ3n) is 2.72. The Labute approximate surface area is 123 Å². The van der Waals surface area contributed by atoms with Crippen LogP contribution in [-0.2, 0) is 10.2 Å². The summed E-state index contributed by atoms with van der Waals surface area (Å²) in [6.07, 6.45) is 0. The first-order chi connectivity index (χ1) is 8.82. The molecule has 0 fully saturated rings. The largest absolute Gasteiger partial charge is 0.491 e. The van der Waals surface area contributed by atoms with Crippen LogP contribution in [0.2, 0.25) is 0 Å². The van der Waals surface area contributed by atoms with Crippen molar-refractivity contribution in [3.63, 3.8) is 0 Å². The molecule has 0 saturated heterocycles. The zero-order chi connectivity index (χ0) is 14.5. The normalized spacial score (nSPS) is 12.9. The highest BCUT2D eigenvalue weighted by Gasteiger charge is 2.18. The molecule has 0 saturated carbocycles. The van der Waals surface area contributed by atoms with Crippen molar-refractivity contribution in [1.29, 1.82) is 0 Å². The molecule has 0 aliphatic heterocycles. The highest BCUT2D eigenvalue weighted by Crippen LogP contribution is 2.30. The Bertz CT molecular complexity index is 424. The lowest BCUT2D eigenvalue weighted by atomic mass is 9.86. The fraction of sp³-hybridized carbons (Fsp3) is 0.533. The van der Waals surface area contributed by atoms with E-state index in [0.29, 0.717) is 13.2 Å². The average molecular weight is 328 g/mol. The third kappa shape index (κ3) is 5.23. The van der Waals surface area contributed by atoms with E-state index in [1.54, 1.807) is 6.92 Å². The summed E-state index contributed by atoms with van der Waals surface area (Å²) >= 11 is 3.22. The van der Waals surface area contributed by atoms with Crippen LogP contribution in [0.3, 0.4) is 0 Å². The summed E-state index contributed by atoms with van der Waals surface area (Å²) in [7, 11) is 0. The van der Waals surface area contributed by atoms with E-state index in [2.05, 4.69) is 48.1 Å². The Morgan fingerprint density at radius 2 is 2.00 bits per heavy atom. The summed E-state index contributed by atoms with van der Waals surface area (Å²) in [5.74, 6) is 0.865. The molecule has 1 N–H and O–H groups in total. The standard InChI is InChI=1S/C15H22BrNO2/c1-11(16)14(18)17-9-10-19-13-8-6-5-7-12(13)15(2,3)4/h5-8,11H,9-10H2,1-4H3,(H,17,18). The minimum absolute atomic E-state index is 0.0206. The molecular weight excluding hydrogens is 306 g/mol. The maximum absolute atomic E-state index is 11.4. The molecule has 0 heterocycles. The van der Waals surface area contributed by atoms with Crippen LogP contribution in [-0.4, -0.2) is 23.9 Å². The number of halogens is 1. The lowest BCUT2D eigenvalue weighted by Gasteiger charge is -2.22. The molecular formula is C15H22BrNO2. The predicted molar refractivity (Wildman–Crippen MR) is 82.0 cm³/mol. The van der Waals surface area contributed by atoms with Gasteiger partial charge in [-0.1, -0.05) is 54.9 Å². The first-order valence-electron chi connectivity index (χ1n) is 6.46. The molecule has 19 heavy (non-hydrogen) atoms. The van der Waals surface area contributed by atoms with Crippen LogP contribution in [0.15, 0.2) is 24.3 Å². The summed E-state index contributed by atoms with van der Waals surface area (Å²) in [5, 5.41) is 2.80. The van der Waals surface area contributed by atoms with Crippen molar-refractivity contribution >= 4 is 21.8 Å². The lowest BCUT2D eigenvalue weighted by Crippen LogP contribution is -2.32. The summed E-state index contributed by atoms with van der Waals surface area (Å²) in [6.45, 7) is 9.24. The van der Waals surface area contributed by atoms with E-state index in [4.69, 9.17) is 4.74 Å². The van der Waals surface area contributed by atoms with Crippen molar-refractivity contribution < 1.29 is 9.53 Å². The Kier molecular flexibility index (Phi) is 5.85. The van der Waals surface area contributed by atoms with Crippen LogP contribution >= 0.6 is 15.9 Å². The van der Waals surface area contributed by atoms with Gasteiger partial charge in [0.1, 0.15) is 12.4 Å². The number of para-hydroxylation sites is 1. The second-order valence-corrected chi connectivity index (χ2v) is 6.88. The maximum Gasteiger partial charge on any atom is 0.233 e. The van der Waals surface area contributed by atoms with Crippen LogP contribution in [0.1, 0.15) is 33.3 Å². The van der Waals surface area contributed by atoms with E-state index in [9.17, 15) is 4.79 Å². The van der Waals surface area contributed by atoms with Gasteiger partial charge in [0.05, 0.1) is 11.4 Å². The number of carbonyl (C=O) groups excluding carboxylic acids is 1. The van der Waals surface area contributed by atoms with E-state index >= 15 is 0 Å². The number of rotatable bonds is 5. The molecule has 106 valence electrons. The Balaban J connectivity index is 2.53. The van der Waals surface area contributed by atoms with E-state index in [0.717, 1.165) is 5.75 Å². The van der Waals surface area contributed by atoms with Gasteiger partial charge in [-0.15, -0.1) is 0 Å². The minimum Gasteiger partial charge on any atom is -0.491 e. The first kappa shape index (κ1) is 16.0. The maximum atomic E-state index is 11.4. The van der Waals surface area contributed by atoms with Gasteiger partial charge >= 0.3 is 0 Å². The van der Waals surface area contributed by atoms with Gasteiger partial charge in [-0.3, -0.25) is 4.79 Å². The molecule has 1 atom stereocenters. The SMILES string of the molecule is CC(Br)C(=O)NCCOc1ccccc1C(C)(C)C. The van der Waals surface area contributed by atoms with Crippen molar-refractivity contribution in [3.05, 3.63) is 29.8 Å². The van der Waals surface area contributed by atoms with Gasteiger partial charge in [0.25, 0.3) is 0 Å². The van der Waals surface area contributed by atoms with Gasteiger partial charge in [0.2, 0.25) is 5.91 Å². The zero-order valence-electron chi connectivity index (χ0n) is 12.0. The lowest BCUT2D eigenvalue weighted by molar-refractivity contribution is -0.120. The van der Waals surface area contributed by atoms with Crippen LogP contribution in [0.5, 0.6) is 5.75 Å². The van der Waals surface area contributed by atoms with Crippen LogP contribution in [0, 0.1) is 0 Å². The smallest absolute Gasteiger partial charge is 0.233 e. The topological polar surface area (TPSA) is 38.3 Å². The number of alkyl halides is 1. The zero-order valence-corrected chi connectivity index (χ0v) is 13.6. The first-order valence-corrected chi connectivity index (χ1v) is 7.38. The molecule has 0 aliphatic carbocycles. The van der Waals surface area contributed by atoms with Crippen LogP contribution in [0.25, 0.3) is 0 Å². The van der Waals surface area contributed by atoms with Gasteiger partial charge in [0.15, 0.2) is 0 Å². The van der Waals surface area contributed by atoms with E-state index in [1.165, 1.54) is 5.56 Å². The number of amides is 1. The minimum atomic E-state index is -0.172. The van der Waals surface area contributed by atoms with Gasteiger partial charge in [-0.2, -0.15) is 0 Å². The van der Waals surface area contributed by atoms with E-state index in [1.807, 2.05) is 18.2 Å².